The smallest absolute Gasteiger partial charge is 0.166 e. The summed E-state index contributed by atoms with van der Waals surface area (Å²) in [4.78, 5) is 35.9. The molecular formula is C37H17Cl11N8O. The molecule has 7 aromatic rings. The van der Waals surface area contributed by atoms with Crippen LogP contribution >= 0.6 is 128 Å². The lowest BCUT2D eigenvalue weighted by molar-refractivity contribution is 0.198. The Morgan fingerprint density at radius 2 is 0.789 bits per heavy atom. The molecule has 3 aromatic heterocycles. The lowest BCUT2D eigenvalue weighted by Crippen LogP contribution is -2.17. The van der Waals surface area contributed by atoms with E-state index in [2.05, 4.69) is 9.97 Å². The van der Waals surface area contributed by atoms with E-state index in [0.717, 1.165) is 0 Å². The standard InChI is InChI=1S/C37H17Cl11N8O/c1-37(2,3)8-57-28-22(43)16-15(21(42)27(28)48)32-51-30-10-7-5-4-6-9(10)29(49-30)50-31-11-12(18(39)24(45)23(44)17(11)38)33(52-31)54-34-13-14(35(55-34)56-36(16)53-32)20(41)26(47)25(46)19(13)40/h4-7H,8H2,1-3H3,(H2,49,50,51,52,53,54,55,56). The third kappa shape index (κ3) is 6.19. The predicted molar refractivity (Wildman–Crippen MR) is 236 cm³/mol. The molecule has 8 bridgehead atoms. The lowest BCUT2D eigenvalue weighted by Gasteiger charge is -2.21. The summed E-state index contributed by atoms with van der Waals surface area (Å²) in [5.74, 6) is 0.463. The summed E-state index contributed by atoms with van der Waals surface area (Å²) >= 11 is 75.1. The van der Waals surface area contributed by atoms with E-state index >= 15 is 0 Å². The Morgan fingerprint density at radius 1 is 0.439 bits per heavy atom. The zero-order chi connectivity index (χ0) is 40.6. The van der Waals surface area contributed by atoms with Gasteiger partial charge < -0.3 is 14.7 Å². The van der Waals surface area contributed by atoms with Crippen molar-refractivity contribution in [3.05, 3.63) is 79.5 Å². The molecule has 0 fully saturated rings. The zero-order valence-corrected chi connectivity index (χ0v) is 37.1. The number of aromatic nitrogens is 8. The van der Waals surface area contributed by atoms with Crippen LogP contribution in [0.25, 0.3) is 89.7 Å². The zero-order valence-electron chi connectivity index (χ0n) is 28.8. The van der Waals surface area contributed by atoms with Crippen molar-refractivity contribution in [2.24, 2.45) is 5.41 Å². The maximum Gasteiger partial charge on any atom is 0.166 e. The van der Waals surface area contributed by atoms with Crippen LogP contribution in [0.15, 0.2) is 24.3 Å². The molecule has 0 aliphatic carbocycles. The fourth-order valence-corrected chi connectivity index (χ4v) is 9.44. The molecule has 4 aromatic carbocycles. The van der Waals surface area contributed by atoms with Crippen molar-refractivity contribution in [3.8, 4) is 51.3 Å². The van der Waals surface area contributed by atoms with Gasteiger partial charge in [-0.15, -0.1) is 0 Å². The van der Waals surface area contributed by atoms with Crippen molar-refractivity contribution in [1.82, 2.24) is 39.9 Å². The van der Waals surface area contributed by atoms with Gasteiger partial charge in [0.25, 0.3) is 0 Å². The maximum atomic E-state index is 7.17. The number of ether oxygens (including phenoxy) is 1. The minimum absolute atomic E-state index is 0.00212. The summed E-state index contributed by atoms with van der Waals surface area (Å²) in [7, 11) is 0. The Labute approximate surface area is 376 Å². The molecular weight excluding hydrogens is 962 g/mol. The second-order valence-corrected chi connectivity index (χ2v) is 18.2. The van der Waals surface area contributed by atoms with Crippen LogP contribution in [0.2, 0.25) is 55.2 Å². The van der Waals surface area contributed by atoms with Crippen molar-refractivity contribution >= 4 is 172 Å². The van der Waals surface area contributed by atoms with E-state index < -0.39 is 0 Å². The van der Waals surface area contributed by atoms with E-state index in [1.165, 1.54) is 0 Å². The average molecular weight is 980 g/mol. The molecule has 0 spiro atoms. The third-order valence-corrected chi connectivity index (χ3v) is 13.8. The van der Waals surface area contributed by atoms with Crippen LogP contribution in [0.3, 0.4) is 0 Å². The van der Waals surface area contributed by atoms with Crippen LogP contribution in [0.1, 0.15) is 20.8 Å². The number of halogens is 11. The highest BCUT2D eigenvalue weighted by molar-refractivity contribution is 6.57. The van der Waals surface area contributed by atoms with Gasteiger partial charge in [-0.25, -0.2) is 29.9 Å². The molecule has 9 rings (SSSR count). The van der Waals surface area contributed by atoms with Gasteiger partial charge in [-0.3, -0.25) is 0 Å². The fraction of sp³-hybridized carbons (Fsp3) is 0.135. The van der Waals surface area contributed by atoms with Crippen molar-refractivity contribution in [1.29, 1.82) is 0 Å². The van der Waals surface area contributed by atoms with E-state index in [-0.39, 0.29) is 135 Å². The topological polar surface area (TPSA) is 118 Å². The molecule has 0 radical (unpaired) electrons. The molecule has 0 amide bonds. The third-order valence-electron chi connectivity index (χ3n) is 9.04. The SMILES string of the molecule is CC(C)(C)COc1c(Cl)c(Cl)c2c(c1Cl)-c1nc-2nc2[nH]c(nc3nc(nc4[nH]c(n1)c1c(Cl)c(Cl)c(Cl)c(Cl)c41)-c1c(Cl)c(Cl)c(Cl)c(Cl)c1-3)c1ccccc21. The van der Waals surface area contributed by atoms with Crippen LogP contribution in [-0.4, -0.2) is 46.5 Å². The van der Waals surface area contributed by atoms with Gasteiger partial charge >= 0.3 is 0 Å². The highest BCUT2D eigenvalue weighted by Gasteiger charge is 2.34. The number of hydrogen-bond donors (Lipinski definition) is 2. The van der Waals surface area contributed by atoms with Crippen molar-refractivity contribution in [2.45, 2.75) is 20.8 Å². The molecule has 2 N–H and O–H groups in total. The van der Waals surface area contributed by atoms with E-state index in [1.54, 1.807) is 0 Å². The van der Waals surface area contributed by atoms with Crippen LogP contribution in [0.5, 0.6) is 5.75 Å². The summed E-state index contributed by atoms with van der Waals surface area (Å²) in [6.45, 7) is 6.26. The normalized spacial score (nSPS) is 12.5. The molecule has 0 saturated carbocycles. The van der Waals surface area contributed by atoms with Crippen LogP contribution in [0, 0.1) is 5.41 Å². The monoisotopic (exact) mass is 974 g/mol. The lowest BCUT2D eigenvalue weighted by atomic mass is 9.98. The van der Waals surface area contributed by atoms with E-state index in [0.29, 0.717) is 27.6 Å². The molecule has 2 aliphatic rings. The Balaban J connectivity index is 1.52. The molecule has 0 saturated heterocycles. The van der Waals surface area contributed by atoms with E-state index in [4.69, 9.17) is 162 Å². The van der Waals surface area contributed by atoms with E-state index in [1.807, 2.05) is 45.0 Å². The molecule has 9 nitrogen and oxygen atoms in total. The van der Waals surface area contributed by atoms with E-state index in [9.17, 15) is 0 Å². The predicted octanol–water partition coefficient (Wildman–Crippen LogP) is 15.5. The number of hydrogen-bond acceptors (Lipinski definition) is 7. The number of fused-ring (bicyclic) bond motifs is 20. The Hall–Kier alpha value is -2.77. The summed E-state index contributed by atoms with van der Waals surface area (Å²) in [6.07, 6.45) is 0. The highest BCUT2D eigenvalue weighted by atomic mass is 35.5. The number of benzene rings is 4. The molecule has 0 unspecified atom stereocenters. The fourth-order valence-electron chi connectivity index (χ4n) is 6.50. The first-order valence-electron chi connectivity index (χ1n) is 16.4. The van der Waals surface area contributed by atoms with Gasteiger partial charge in [-0.2, -0.15) is 0 Å². The largest absolute Gasteiger partial charge is 0.490 e. The van der Waals surface area contributed by atoms with Gasteiger partial charge in [0.05, 0.1) is 89.9 Å². The number of H-pyrrole nitrogens is 2. The minimum atomic E-state index is -0.261. The summed E-state index contributed by atoms with van der Waals surface area (Å²) < 4.78 is 6.18. The quantitative estimate of drug-likeness (QED) is 0.131. The first-order valence-corrected chi connectivity index (χ1v) is 20.6. The van der Waals surface area contributed by atoms with Crippen LogP contribution in [-0.2, 0) is 0 Å². The van der Waals surface area contributed by atoms with Crippen LogP contribution < -0.4 is 4.74 Å². The van der Waals surface area contributed by atoms with Gasteiger partial charge in [0.2, 0.25) is 0 Å². The average Bonchev–Trinajstić information content (AvgIpc) is 3.91. The van der Waals surface area contributed by atoms with Gasteiger partial charge in [-0.05, 0) is 5.41 Å². The number of nitrogens with one attached hydrogen (secondary N) is 2. The molecule has 288 valence electrons. The molecule has 2 aliphatic heterocycles. The van der Waals surface area contributed by atoms with Crippen molar-refractivity contribution in [3.63, 3.8) is 0 Å². The Bertz CT molecular complexity index is 3160. The molecule has 20 heteroatoms. The van der Waals surface area contributed by atoms with Crippen LogP contribution in [0.4, 0.5) is 0 Å². The second-order valence-electron chi connectivity index (χ2n) is 14.0. The second kappa shape index (κ2) is 14.2. The van der Waals surface area contributed by atoms with Gasteiger partial charge in [-0.1, -0.05) is 173 Å². The number of nitrogens with zero attached hydrogens (tertiary/aromatic N) is 6. The molecule has 0 atom stereocenters. The highest BCUT2D eigenvalue weighted by Crippen LogP contribution is 2.54. The first kappa shape index (κ1) is 39.7. The Kier molecular flexibility index (Phi) is 9.86. The maximum absolute atomic E-state index is 7.17. The molecule has 5 heterocycles. The summed E-state index contributed by atoms with van der Waals surface area (Å²) in [6, 6.07) is 7.42. The van der Waals surface area contributed by atoms with Gasteiger partial charge in [0, 0.05) is 10.8 Å². The number of rotatable bonds is 2. The summed E-state index contributed by atoms with van der Waals surface area (Å²) in [5, 5.41) is 2.05. The van der Waals surface area contributed by atoms with Crippen molar-refractivity contribution in [2.75, 3.05) is 6.61 Å². The van der Waals surface area contributed by atoms with Gasteiger partial charge in [0.15, 0.2) is 29.0 Å². The minimum Gasteiger partial charge on any atom is -0.490 e. The number of aromatic amines is 2. The first-order chi connectivity index (χ1) is 27.0. The van der Waals surface area contributed by atoms with Crippen molar-refractivity contribution < 1.29 is 4.74 Å². The molecule has 57 heavy (non-hydrogen) atoms. The van der Waals surface area contributed by atoms with Gasteiger partial charge in [0.1, 0.15) is 27.6 Å². The Morgan fingerprint density at radius 3 is 1.21 bits per heavy atom. The summed E-state index contributed by atoms with van der Waals surface area (Å²) in [5.41, 5.74) is 1.74.